The monoisotopic (exact) mass is 1020 g/mol. The van der Waals surface area contributed by atoms with Crippen LogP contribution in [0.2, 0.25) is 0 Å². The summed E-state index contributed by atoms with van der Waals surface area (Å²) in [5.41, 5.74) is 26.3. The van der Waals surface area contributed by atoms with Crippen LogP contribution in [-0.4, -0.2) is 9.13 Å². The van der Waals surface area contributed by atoms with Crippen LogP contribution in [0.15, 0.2) is 315 Å². The molecule has 0 fully saturated rings. The van der Waals surface area contributed by atoms with Crippen molar-refractivity contribution in [3.8, 4) is 100 Å². The van der Waals surface area contributed by atoms with Gasteiger partial charge in [-0.15, -0.1) is 0 Å². The van der Waals surface area contributed by atoms with Gasteiger partial charge in [-0.25, -0.2) is 0 Å². The molecule has 15 aromatic rings. The van der Waals surface area contributed by atoms with E-state index in [0.29, 0.717) is 0 Å². The van der Waals surface area contributed by atoms with E-state index in [1.165, 1.54) is 138 Å². The zero-order valence-corrected chi connectivity index (χ0v) is 43.9. The zero-order chi connectivity index (χ0) is 52.9. The molecule has 2 nitrogen and oxygen atoms in total. The molecule has 0 aliphatic carbocycles. The highest BCUT2D eigenvalue weighted by atomic mass is 15.0. The van der Waals surface area contributed by atoms with E-state index in [9.17, 15) is 0 Å². The van der Waals surface area contributed by atoms with Crippen molar-refractivity contribution in [2.24, 2.45) is 0 Å². The zero-order valence-electron chi connectivity index (χ0n) is 43.9. The summed E-state index contributed by atoms with van der Waals surface area (Å²) in [6.45, 7) is 0. The number of nitrogens with zero attached hydrogens (tertiary/aromatic N) is 2. The van der Waals surface area contributed by atoms with Gasteiger partial charge in [-0.1, -0.05) is 243 Å². The van der Waals surface area contributed by atoms with Crippen molar-refractivity contribution < 1.29 is 0 Å². The number of aromatic nitrogens is 2. The van der Waals surface area contributed by atoms with Crippen LogP contribution < -0.4 is 0 Å². The quantitative estimate of drug-likeness (QED) is 0.129. The fourth-order valence-corrected chi connectivity index (χ4v) is 12.1. The minimum Gasteiger partial charge on any atom is -0.309 e. The molecule has 0 radical (unpaired) electrons. The molecule has 0 atom stereocenters. The molecule has 0 saturated carbocycles. The van der Waals surface area contributed by atoms with Gasteiger partial charge in [0.2, 0.25) is 0 Å². The molecular weight excluding hydrogens is 965 g/mol. The van der Waals surface area contributed by atoms with Crippen LogP contribution in [0.25, 0.3) is 144 Å². The normalized spacial score (nSPS) is 11.5. The largest absolute Gasteiger partial charge is 0.309 e. The van der Waals surface area contributed by atoms with Crippen molar-refractivity contribution in [2.45, 2.75) is 0 Å². The molecule has 13 aromatic carbocycles. The summed E-state index contributed by atoms with van der Waals surface area (Å²) in [5, 5.41) is 4.99. The van der Waals surface area contributed by atoms with Crippen LogP contribution in [0.3, 0.4) is 0 Å². The van der Waals surface area contributed by atoms with Crippen molar-refractivity contribution in [3.63, 3.8) is 0 Å². The molecule has 0 spiro atoms. The van der Waals surface area contributed by atoms with Gasteiger partial charge >= 0.3 is 0 Å². The number of rotatable bonds is 10. The maximum absolute atomic E-state index is 2.42. The molecule has 2 aromatic heterocycles. The Morgan fingerprint density at radius 2 is 0.388 bits per heavy atom. The Kier molecular flexibility index (Phi) is 11.6. The number of benzene rings is 13. The summed E-state index contributed by atoms with van der Waals surface area (Å²) in [6.07, 6.45) is 0. The summed E-state index contributed by atoms with van der Waals surface area (Å²) in [5.74, 6) is 0. The first-order valence-electron chi connectivity index (χ1n) is 27.5. The highest BCUT2D eigenvalue weighted by molar-refractivity contribution is 6.13. The summed E-state index contributed by atoms with van der Waals surface area (Å²) in [6, 6.07) is 115. The fraction of sp³-hybridized carbons (Fsp3) is 0. The van der Waals surface area contributed by atoms with Crippen LogP contribution in [0.4, 0.5) is 0 Å². The highest BCUT2D eigenvalue weighted by Crippen LogP contribution is 2.40. The third kappa shape index (κ3) is 8.48. The second kappa shape index (κ2) is 19.8. The van der Waals surface area contributed by atoms with E-state index in [1.807, 2.05) is 0 Å². The molecule has 15 rings (SSSR count). The molecular formula is C78H52N2. The molecule has 2 heteroatoms. The third-order valence-electron chi connectivity index (χ3n) is 16.2. The Morgan fingerprint density at radius 3 is 0.812 bits per heavy atom. The van der Waals surface area contributed by atoms with Crippen molar-refractivity contribution in [1.82, 2.24) is 9.13 Å². The van der Waals surface area contributed by atoms with Gasteiger partial charge in [0, 0.05) is 32.9 Å². The van der Waals surface area contributed by atoms with Gasteiger partial charge in [-0.3, -0.25) is 0 Å². The molecule has 0 unspecified atom stereocenters. The van der Waals surface area contributed by atoms with Crippen LogP contribution in [-0.2, 0) is 0 Å². The SMILES string of the molecule is c1ccc(-c2ccc(-c3ccc(-c4cccc(-c5cccc(-c6ccc(-c7ccc(-c8cccc(-n9c%10ccccc%10c%10cc(-c%11ccc%12c(c%11)c%11ccccc%11n%12-c%11ccccc%11)ccc%109)c8)cc7)cc6)c5)c4)cc3)cc2)cc1. The predicted octanol–water partition coefficient (Wildman–Crippen LogP) is 21.2. The number of hydrogen-bond donors (Lipinski definition) is 0. The first kappa shape index (κ1) is 46.7. The van der Waals surface area contributed by atoms with Gasteiger partial charge in [0.05, 0.1) is 22.1 Å². The molecule has 0 aliphatic rings. The second-order valence-electron chi connectivity index (χ2n) is 20.9. The lowest BCUT2D eigenvalue weighted by Crippen LogP contribution is -1.94. The van der Waals surface area contributed by atoms with E-state index < -0.39 is 0 Å². The van der Waals surface area contributed by atoms with Crippen LogP contribution in [0.5, 0.6) is 0 Å². The van der Waals surface area contributed by atoms with Gasteiger partial charge < -0.3 is 9.13 Å². The molecule has 0 bridgehead atoms. The Hall–Kier alpha value is -10.5. The van der Waals surface area contributed by atoms with E-state index in [0.717, 1.165) is 5.69 Å². The van der Waals surface area contributed by atoms with Crippen molar-refractivity contribution in [2.75, 3.05) is 0 Å². The highest BCUT2D eigenvalue weighted by Gasteiger charge is 2.17. The van der Waals surface area contributed by atoms with Crippen molar-refractivity contribution in [3.05, 3.63) is 315 Å². The Morgan fingerprint density at radius 1 is 0.138 bits per heavy atom. The maximum atomic E-state index is 2.42. The van der Waals surface area contributed by atoms with E-state index in [-0.39, 0.29) is 0 Å². The summed E-state index contributed by atoms with van der Waals surface area (Å²) >= 11 is 0. The van der Waals surface area contributed by atoms with E-state index >= 15 is 0 Å². The summed E-state index contributed by atoms with van der Waals surface area (Å²) < 4.78 is 4.80. The van der Waals surface area contributed by atoms with Gasteiger partial charge in [-0.2, -0.15) is 0 Å². The minimum atomic E-state index is 1.14. The Labute approximate surface area is 466 Å². The Bertz CT molecular complexity index is 4760. The average Bonchev–Trinajstić information content (AvgIpc) is 4.13. The van der Waals surface area contributed by atoms with Crippen molar-refractivity contribution in [1.29, 1.82) is 0 Å². The van der Waals surface area contributed by atoms with Gasteiger partial charge in [0.15, 0.2) is 0 Å². The lowest BCUT2D eigenvalue weighted by molar-refractivity contribution is 1.18. The van der Waals surface area contributed by atoms with Gasteiger partial charge in [0.1, 0.15) is 0 Å². The van der Waals surface area contributed by atoms with Gasteiger partial charge in [0.25, 0.3) is 0 Å². The molecule has 374 valence electrons. The standard InChI is InChI=1S/C78H52N2/c1-3-14-53(15-4-1)54-28-30-55(31-29-54)56-32-38-59(39-33-56)62-16-11-18-64(48-62)65-19-12-17-63(49-65)60-40-34-57(35-41-60)58-36-42-61(43-37-58)66-20-13-23-70(50-66)80-76-27-10-8-25-72(76)74-52-68(45-47-78(74)80)67-44-46-77-73(51-67)71-24-7-9-26-75(71)79(77)69-21-5-2-6-22-69/h1-52H. The van der Waals surface area contributed by atoms with Crippen LogP contribution >= 0.6 is 0 Å². The van der Waals surface area contributed by atoms with Crippen LogP contribution in [0, 0.1) is 0 Å². The first-order chi connectivity index (χ1) is 39.6. The maximum Gasteiger partial charge on any atom is 0.0541 e. The van der Waals surface area contributed by atoms with E-state index in [4.69, 9.17) is 0 Å². The lowest BCUT2D eigenvalue weighted by Gasteiger charge is -2.12. The average molecular weight is 1020 g/mol. The fourth-order valence-electron chi connectivity index (χ4n) is 12.1. The second-order valence-corrected chi connectivity index (χ2v) is 20.9. The molecule has 0 amide bonds. The van der Waals surface area contributed by atoms with Gasteiger partial charge in [-0.05, 0) is 162 Å². The lowest BCUT2D eigenvalue weighted by atomic mass is 9.94. The number of para-hydroxylation sites is 3. The van der Waals surface area contributed by atoms with E-state index in [2.05, 4.69) is 325 Å². The predicted molar refractivity (Wildman–Crippen MR) is 339 cm³/mol. The van der Waals surface area contributed by atoms with E-state index in [1.54, 1.807) is 0 Å². The summed E-state index contributed by atoms with van der Waals surface area (Å²) in [4.78, 5) is 0. The number of hydrogen-bond acceptors (Lipinski definition) is 0. The molecule has 0 N–H and O–H groups in total. The van der Waals surface area contributed by atoms with Crippen molar-refractivity contribution >= 4 is 43.6 Å². The first-order valence-corrected chi connectivity index (χ1v) is 27.5. The number of fused-ring (bicyclic) bond motifs is 6. The molecule has 0 aliphatic heterocycles. The van der Waals surface area contributed by atoms with Crippen LogP contribution in [0.1, 0.15) is 0 Å². The smallest absolute Gasteiger partial charge is 0.0541 e. The topological polar surface area (TPSA) is 9.86 Å². The molecule has 0 saturated heterocycles. The molecule has 80 heavy (non-hydrogen) atoms. The minimum absolute atomic E-state index is 1.14. The Balaban J connectivity index is 0.662. The molecule has 2 heterocycles. The third-order valence-corrected chi connectivity index (χ3v) is 16.2. The summed E-state index contributed by atoms with van der Waals surface area (Å²) in [7, 11) is 0.